The summed E-state index contributed by atoms with van der Waals surface area (Å²) in [6, 6.07) is 1.86. The molecule has 2 atom stereocenters. The Kier molecular flexibility index (Phi) is 6.49. The Morgan fingerprint density at radius 2 is 2.14 bits per heavy atom. The van der Waals surface area contributed by atoms with Gasteiger partial charge in [-0.3, -0.25) is 4.79 Å². The Balaban J connectivity index is 3.17. The fourth-order valence-corrected chi connectivity index (χ4v) is 3.18. The molecule has 0 aromatic heterocycles. The number of hydrogen-bond donors (Lipinski definition) is 2. The van der Waals surface area contributed by atoms with Crippen molar-refractivity contribution in [2.24, 2.45) is 0 Å². The molecule has 0 aliphatic heterocycles. The maximum absolute atomic E-state index is 14.1. The summed E-state index contributed by atoms with van der Waals surface area (Å²) in [5, 5.41) is 8.86. The monoisotopic (exact) mass is 399 g/mol. The van der Waals surface area contributed by atoms with E-state index in [2.05, 4.69) is 20.7 Å². The lowest BCUT2D eigenvalue weighted by Gasteiger charge is -2.28. The van der Waals surface area contributed by atoms with Crippen molar-refractivity contribution >= 4 is 44.9 Å². The molecule has 0 saturated heterocycles. The maximum atomic E-state index is 14.1. The smallest absolute Gasteiger partial charge is 0.305 e. The van der Waals surface area contributed by atoms with Gasteiger partial charge in [-0.05, 0) is 32.9 Å². The van der Waals surface area contributed by atoms with Crippen LogP contribution in [-0.2, 0) is 16.2 Å². The van der Waals surface area contributed by atoms with E-state index in [4.69, 9.17) is 16.7 Å². The number of hydrogen-bond acceptors (Lipinski definition) is 3. The first kappa shape index (κ1) is 18.7. The summed E-state index contributed by atoms with van der Waals surface area (Å²) in [6.45, 7) is 5.20. The van der Waals surface area contributed by atoms with Crippen molar-refractivity contribution in [3.63, 3.8) is 0 Å². The molecule has 0 amide bonds. The number of rotatable bonds is 5. The second-order valence-corrected chi connectivity index (χ2v) is 8.76. The Labute approximate surface area is 139 Å². The third-order valence-electron chi connectivity index (χ3n) is 2.58. The SMILES string of the molecule is CC(C)(C)[S@@+]([O-])NC(CC(=O)O)c1cc(Br)cc(Cl)c1F. The molecule has 0 aliphatic carbocycles. The summed E-state index contributed by atoms with van der Waals surface area (Å²) in [4.78, 5) is 11.0. The van der Waals surface area contributed by atoms with Crippen molar-refractivity contribution in [2.45, 2.75) is 38.0 Å². The standard InChI is InChI=1S/C13H16BrClFNO3S/c1-13(2,3)21(20)17-10(6-11(18)19)8-4-7(14)5-9(15)12(8)16/h4-5,10,17H,6H2,1-3H3,(H,18,19)/t10?,21-/m1/s1. The van der Waals surface area contributed by atoms with Crippen LogP contribution in [0.5, 0.6) is 0 Å². The minimum Gasteiger partial charge on any atom is -0.598 e. The number of halogens is 3. The van der Waals surface area contributed by atoms with Gasteiger partial charge in [-0.25, -0.2) is 4.39 Å². The van der Waals surface area contributed by atoms with E-state index in [1.54, 1.807) is 20.8 Å². The molecular formula is C13H16BrClFNO3S. The van der Waals surface area contributed by atoms with E-state index in [9.17, 15) is 13.7 Å². The van der Waals surface area contributed by atoms with Gasteiger partial charge >= 0.3 is 5.97 Å². The highest BCUT2D eigenvalue weighted by Gasteiger charge is 2.32. The molecule has 0 spiro atoms. The zero-order valence-corrected chi connectivity index (χ0v) is 14.9. The van der Waals surface area contributed by atoms with Gasteiger partial charge in [-0.1, -0.05) is 27.5 Å². The van der Waals surface area contributed by atoms with Gasteiger partial charge in [0.2, 0.25) is 0 Å². The van der Waals surface area contributed by atoms with E-state index in [-0.39, 0.29) is 10.6 Å². The molecule has 0 saturated carbocycles. The van der Waals surface area contributed by atoms with Gasteiger partial charge in [-0.15, -0.1) is 4.72 Å². The molecular weight excluding hydrogens is 385 g/mol. The van der Waals surface area contributed by atoms with Gasteiger partial charge in [0.1, 0.15) is 10.6 Å². The Morgan fingerprint density at radius 3 is 2.62 bits per heavy atom. The van der Waals surface area contributed by atoms with Crippen molar-refractivity contribution in [2.75, 3.05) is 0 Å². The first-order valence-electron chi connectivity index (χ1n) is 6.06. The highest BCUT2D eigenvalue weighted by atomic mass is 79.9. The maximum Gasteiger partial charge on any atom is 0.305 e. The lowest BCUT2D eigenvalue weighted by molar-refractivity contribution is -0.137. The molecule has 1 aromatic carbocycles. The summed E-state index contributed by atoms with van der Waals surface area (Å²) >= 11 is 7.41. The number of nitrogens with one attached hydrogen (secondary N) is 1. The van der Waals surface area contributed by atoms with Crippen LogP contribution in [0, 0.1) is 5.82 Å². The third kappa shape index (κ3) is 5.41. The van der Waals surface area contributed by atoms with E-state index in [0.717, 1.165) is 0 Å². The molecule has 2 N–H and O–H groups in total. The van der Waals surface area contributed by atoms with Crippen molar-refractivity contribution in [1.29, 1.82) is 0 Å². The molecule has 4 nitrogen and oxygen atoms in total. The fraction of sp³-hybridized carbons (Fsp3) is 0.462. The van der Waals surface area contributed by atoms with Crippen LogP contribution in [0.25, 0.3) is 0 Å². The molecule has 0 heterocycles. The van der Waals surface area contributed by atoms with Gasteiger partial charge in [0.05, 0.1) is 17.5 Å². The summed E-state index contributed by atoms with van der Waals surface area (Å²) in [6.07, 6.45) is -0.411. The molecule has 118 valence electrons. The van der Waals surface area contributed by atoms with Crippen molar-refractivity contribution in [1.82, 2.24) is 4.72 Å². The summed E-state index contributed by atoms with van der Waals surface area (Å²) < 4.78 is 28.9. The Bertz CT molecular complexity index is 539. The molecule has 0 bridgehead atoms. The number of benzene rings is 1. The fourth-order valence-electron chi connectivity index (χ4n) is 1.53. The van der Waals surface area contributed by atoms with E-state index in [1.807, 2.05) is 0 Å². The van der Waals surface area contributed by atoms with Crippen LogP contribution in [0.3, 0.4) is 0 Å². The van der Waals surface area contributed by atoms with Crippen LogP contribution in [0.4, 0.5) is 4.39 Å². The van der Waals surface area contributed by atoms with Crippen molar-refractivity contribution in [3.05, 3.63) is 33.0 Å². The quantitative estimate of drug-likeness (QED) is 0.582. The first-order valence-corrected chi connectivity index (χ1v) is 8.38. The van der Waals surface area contributed by atoms with Crippen molar-refractivity contribution in [3.8, 4) is 0 Å². The number of aliphatic carboxylic acids is 1. The van der Waals surface area contributed by atoms with Crippen LogP contribution in [0.15, 0.2) is 16.6 Å². The van der Waals surface area contributed by atoms with Gasteiger partial charge in [0.25, 0.3) is 0 Å². The molecule has 0 fully saturated rings. The van der Waals surface area contributed by atoms with Crippen molar-refractivity contribution < 1.29 is 18.8 Å². The molecule has 1 rings (SSSR count). The van der Waals surface area contributed by atoms with Gasteiger partial charge in [-0.2, -0.15) is 0 Å². The van der Waals surface area contributed by atoms with E-state index in [1.165, 1.54) is 12.1 Å². The molecule has 0 aliphatic rings. The first-order chi connectivity index (χ1) is 9.52. The topological polar surface area (TPSA) is 72.4 Å². The molecule has 21 heavy (non-hydrogen) atoms. The minimum absolute atomic E-state index is 0.0642. The molecule has 8 heteroatoms. The average molecular weight is 401 g/mol. The molecule has 0 radical (unpaired) electrons. The van der Waals surface area contributed by atoms with Crippen LogP contribution >= 0.6 is 27.5 Å². The predicted octanol–water partition coefficient (Wildman–Crippen LogP) is 3.81. The average Bonchev–Trinajstić information content (AvgIpc) is 2.31. The lowest BCUT2D eigenvalue weighted by atomic mass is 10.0. The van der Waals surface area contributed by atoms with Gasteiger partial charge in [0.15, 0.2) is 0 Å². The largest absolute Gasteiger partial charge is 0.598 e. The molecule has 1 unspecified atom stereocenters. The zero-order valence-electron chi connectivity index (χ0n) is 11.7. The second kappa shape index (κ2) is 7.28. The van der Waals surface area contributed by atoms with Crippen LogP contribution in [0.2, 0.25) is 5.02 Å². The normalized spacial score (nSPS) is 14.8. The Morgan fingerprint density at radius 1 is 1.57 bits per heavy atom. The van der Waals surface area contributed by atoms with Crippen LogP contribution in [-0.4, -0.2) is 20.4 Å². The second-order valence-electron chi connectivity index (χ2n) is 5.44. The highest BCUT2D eigenvalue weighted by molar-refractivity contribution is 9.10. The summed E-state index contributed by atoms with van der Waals surface area (Å²) in [7, 11) is 0. The Hall–Kier alpha value is -0.340. The van der Waals surface area contributed by atoms with E-state index >= 15 is 0 Å². The summed E-state index contributed by atoms with van der Waals surface area (Å²) in [5.74, 6) is -1.85. The van der Waals surface area contributed by atoms with Gasteiger partial charge < -0.3 is 9.66 Å². The lowest BCUT2D eigenvalue weighted by Crippen LogP contribution is -2.42. The van der Waals surface area contributed by atoms with E-state index in [0.29, 0.717) is 4.47 Å². The number of carboxylic acids is 1. The zero-order chi connectivity index (χ0) is 16.4. The molecule has 1 aromatic rings. The van der Waals surface area contributed by atoms with Crippen LogP contribution in [0.1, 0.15) is 38.8 Å². The third-order valence-corrected chi connectivity index (χ3v) is 4.92. The number of carboxylic acid groups (broad SMARTS) is 1. The highest BCUT2D eigenvalue weighted by Crippen LogP contribution is 2.31. The van der Waals surface area contributed by atoms with Crippen LogP contribution < -0.4 is 4.72 Å². The summed E-state index contributed by atoms with van der Waals surface area (Å²) in [5.41, 5.74) is 0.0642. The van der Waals surface area contributed by atoms with Gasteiger partial charge in [0, 0.05) is 21.4 Å². The van der Waals surface area contributed by atoms with E-state index < -0.39 is 40.4 Å². The minimum atomic E-state index is -1.54. The number of carbonyl (C=O) groups is 1. The predicted molar refractivity (Wildman–Crippen MR) is 85.1 cm³/mol.